The molecule has 106 valence electrons. The van der Waals surface area contributed by atoms with E-state index in [2.05, 4.69) is 30.9 Å². The maximum atomic E-state index is 11.8. The van der Waals surface area contributed by atoms with E-state index in [4.69, 9.17) is 18.1 Å². The summed E-state index contributed by atoms with van der Waals surface area (Å²) in [5, 5.41) is 1.01. The van der Waals surface area contributed by atoms with E-state index in [1.165, 1.54) is 17.4 Å². The van der Waals surface area contributed by atoms with Crippen LogP contribution in [0.3, 0.4) is 0 Å². The van der Waals surface area contributed by atoms with Gasteiger partial charge in [-0.2, -0.15) is 0 Å². The molecule has 0 atom stereocenters. The van der Waals surface area contributed by atoms with E-state index in [1.54, 1.807) is 0 Å². The number of carbonyl (C=O) groups excluding carboxylic acids is 1. The van der Waals surface area contributed by atoms with Gasteiger partial charge >= 0.3 is 0 Å². The predicted molar refractivity (Wildman–Crippen MR) is 89.2 cm³/mol. The van der Waals surface area contributed by atoms with Crippen LogP contribution in [0.2, 0.25) is 0 Å². The third-order valence-corrected chi connectivity index (χ3v) is 4.47. The Morgan fingerprint density at radius 2 is 1.90 bits per heavy atom. The summed E-state index contributed by atoms with van der Waals surface area (Å²) in [6.07, 6.45) is 1.82. The van der Waals surface area contributed by atoms with Gasteiger partial charge in [0.25, 0.3) is 5.91 Å². The van der Waals surface area contributed by atoms with Gasteiger partial charge in [0.15, 0.2) is 4.32 Å². The smallest absolute Gasteiger partial charge is 0.280 e. The first-order valence-electron chi connectivity index (χ1n) is 6.44. The minimum atomic E-state index is -0.243. The molecule has 1 fully saturated rings. The molecule has 2 N–H and O–H groups in total. The molecule has 0 unspecified atom stereocenters. The average Bonchev–Trinajstić information content (AvgIpc) is 2.69. The number of nitrogens with two attached hydrogens (primary N) is 1. The molecular formula is C14H17N3OS2. The quantitative estimate of drug-likeness (QED) is 0.401. The molecule has 0 bridgehead atoms. The van der Waals surface area contributed by atoms with Crippen LogP contribution in [0.4, 0.5) is 5.69 Å². The van der Waals surface area contributed by atoms with Crippen molar-refractivity contribution in [1.82, 2.24) is 5.01 Å². The molecule has 0 spiro atoms. The first kappa shape index (κ1) is 15.0. The highest BCUT2D eigenvalue weighted by molar-refractivity contribution is 8.26. The Labute approximate surface area is 128 Å². The second-order valence-corrected chi connectivity index (χ2v) is 5.99. The summed E-state index contributed by atoms with van der Waals surface area (Å²) < 4.78 is 0.390. The fourth-order valence-corrected chi connectivity index (χ4v) is 3.10. The maximum absolute atomic E-state index is 11.8. The zero-order chi connectivity index (χ0) is 14.7. The Morgan fingerprint density at radius 1 is 1.30 bits per heavy atom. The van der Waals surface area contributed by atoms with E-state index in [1.807, 2.05) is 18.2 Å². The average molecular weight is 307 g/mol. The van der Waals surface area contributed by atoms with Crippen LogP contribution in [0.25, 0.3) is 6.08 Å². The molecule has 0 saturated carbocycles. The molecule has 0 aliphatic carbocycles. The number of benzene rings is 1. The van der Waals surface area contributed by atoms with Gasteiger partial charge in [0.2, 0.25) is 0 Å². The van der Waals surface area contributed by atoms with Crippen molar-refractivity contribution < 1.29 is 4.79 Å². The number of rotatable bonds is 4. The normalized spacial score (nSPS) is 17.1. The Bertz CT molecular complexity index is 550. The van der Waals surface area contributed by atoms with E-state index in [0.717, 1.165) is 23.7 Å². The van der Waals surface area contributed by atoms with Crippen LogP contribution < -0.4 is 10.7 Å². The summed E-state index contributed by atoms with van der Waals surface area (Å²) in [5.41, 5.74) is 2.15. The Balaban J connectivity index is 2.19. The van der Waals surface area contributed by atoms with Crippen molar-refractivity contribution in [2.24, 2.45) is 5.84 Å². The first-order valence-corrected chi connectivity index (χ1v) is 7.67. The lowest BCUT2D eigenvalue weighted by Gasteiger charge is -2.20. The van der Waals surface area contributed by atoms with E-state index in [-0.39, 0.29) is 5.91 Å². The summed E-state index contributed by atoms with van der Waals surface area (Å²) in [7, 11) is 0. The van der Waals surface area contributed by atoms with Gasteiger partial charge in [-0.3, -0.25) is 4.79 Å². The predicted octanol–water partition coefficient (Wildman–Crippen LogP) is 2.61. The maximum Gasteiger partial charge on any atom is 0.280 e. The van der Waals surface area contributed by atoms with E-state index in [9.17, 15) is 4.79 Å². The van der Waals surface area contributed by atoms with Crippen molar-refractivity contribution in [3.8, 4) is 0 Å². The highest BCUT2D eigenvalue weighted by Crippen LogP contribution is 2.30. The fraction of sp³-hybridized carbons (Fsp3) is 0.286. The lowest BCUT2D eigenvalue weighted by Crippen LogP contribution is -2.34. The lowest BCUT2D eigenvalue weighted by atomic mass is 10.1. The third kappa shape index (κ3) is 3.03. The number of hydrogen-bond donors (Lipinski definition) is 1. The molecule has 1 aromatic rings. The number of thiocarbonyl (C=S) groups is 1. The molecule has 0 radical (unpaired) electrons. The van der Waals surface area contributed by atoms with Crippen molar-refractivity contribution in [3.05, 3.63) is 34.7 Å². The van der Waals surface area contributed by atoms with Gasteiger partial charge < -0.3 is 4.90 Å². The Morgan fingerprint density at radius 3 is 2.35 bits per heavy atom. The topological polar surface area (TPSA) is 49.6 Å². The van der Waals surface area contributed by atoms with Crippen LogP contribution in [-0.2, 0) is 4.79 Å². The second-order valence-electron chi connectivity index (χ2n) is 4.32. The van der Waals surface area contributed by atoms with Crippen molar-refractivity contribution in [1.29, 1.82) is 0 Å². The molecular weight excluding hydrogens is 290 g/mol. The van der Waals surface area contributed by atoms with E-state index in [0.29, 0.717) is 9.23 Å². The largest absolute Gasteiger partial charge is 0.372 e. The number of thioether (sulfide) groups is 1. The first-order chi connectivity index (χ1) is 9.56. The third-order valence-electron chi connectivity index (χ3n) is 3.14. The Hall–Kier alpha value is -1.37. The number of hydrogen-bond acceptors (Lipinski definition) is 5. The van der Waals surface area contributed by atoms with Crippen LogP contribution in [0, 0.1) is 0 Å². The number of anilines is 1. The number of hydrazine groups is 1. The molecule has 1 amide bonds. The molecule has 1 aromatic carbocycles. The minimum Gasteiger partial charge on any atom is -0.372 e. The van der Waals surface area contributed by atoms with Crippen molar-refractivity contribution in [2.45, 2.75) is 13.8 Å². The summed E-state index contributed by atoms with van der Waals surface area (Å²) in [5.74, 6) is 5.30. The standard InChI is InChI=1S/C14H17N3OS2/c1-3-16(4-2)11-7-5-10(6-8-11)9-12-13(18)17(15)14(19)20-12/h5-9H,3-4,15H2,1-2H3/b12-9+. The van der Waals surface area contributed by atoms with E-state index < -0.39 is 0 Å². The van der Waals surface area contributed by atoms with Gasteiger partial charge in [0.05, 0.1) is 4.91 Å². The van der Waals surface area contributed by atoms with Crippen molar-refractivity contribution in [3.63, 3.8) is 0 Å². The Kier molecular flexibility index (Phi) is 4.80. The van der Waals surface area contributed by atoms with Gasteiger partial charge in [-0.1, -0.05) is 36.1 Å². The van der Waals surface area contributed by atoms with Crippen molar-refractivity contribution >= 4 is 46.0 Å². The molecule has 1 saturated heterocycles. The molecule has 4 nitrogen and oxygen atoms in total. The molecule has 1 heterocycles. The molecule has 20 heavy (non-hydrogen) atoms. The molecule has 6 heteroatoms. The second kappa shape index (κ2) is 6.39. The van der Waals surface area contributed by atoms with Crippen LogP contribution in [0.1, 0.15) is 19.4 Å². The summed E-state index contributed by atoms with van der Waals surface area (Å²) in [6.45, 7) is 6.21. The van der Waals surface area contributed by atoms with E-state index >= 15 is 0 Å². The van der Waals surface area contributed by atoms with Crippen LogP contribution >= 0.6 is 24.0 Å². The van der Waals surface area contributed by atoms with Gasteiger partial charge in [0.1, 0.15) is 0 Å². The highest BCUT2D eigenvalue weighted by atomic mass is 32.2. The fourth-order valence-electron chi connectivity index (χ4n) is 2.00. The summed E-state index contributed by atoms with van der Waals surface area (Å²) >= 11 is 6.22. The zero-order valence-corrected chi connectivity index (χ0v) is 13.1. The monoisotopic (exact) mass is 307 g/mol. The number of carbonyl (C=O) groups is 1. The minimum absolute atomic E-state index is 0.243. The van der Waals surface area contributed by atoms with Gasteiger partial charge in [-0.15, -0.1) is 0 Å². The summed E-state index contributed by atoms with van der Waals surface area (Å²) in [4.78, 5) is 14.6. The highest BCUT2D eigenvalue weighted by Gasteiger charge is 2.29. The van der Waals surface area contributed by atoms with Crippen LogP contribution in [0.15, 0.2) is 29.2 Å². The van der Waals surface area contributed by atoms with Crippen LogP contribution in [-0.4, -0.2) is 28.3 Å². The zero-order valence-electron chi connectivity index (χ0n) is 11.5. The van der Waals surface area contributed by atoms with Crippen molar-refractivity contribution in [2.75, 3.05) is 18.0 Å². The van der Waals surface area contributed by atoms with Gasteiger partial charge in [-0.05, 0) is 37.6 Å². The molecule has 0 aromatic heterocycles. The molecule has 1 aliphatic rings. The molecule has 1 aliphatic heterocycles. The SMILES string of the molecule is CCN(CC)c1ccc(/C=C2/SC(=S)N(N)C2=O)cc1. The van der Waals surface area contributed by atoms with Gasteiger partial charge in [-0.25, -0.2) is 10.9 Å². The number of nitrogens with zero attached hydrogens (tertiary/aromatic N) is 2. The summed E-state index contributed by atoms with van der Waals surface area (Å²) in [6, 6.07) is 8.11. The lowest BCUT2D eigenvalue weighted by molar-refractivity contribution is -0.122. The molecule has 2 rings (SSSR count). The number of amides is 1. The van der Waals surface area contributed by atoms with Crippen LogP contribution in [0.5, 0.6) is 0 Å². The van der Waals surface area contributed by atoms with Gasteiger partial charge in [0, 0.05) is 18.8 Å².